The summed E-state index contributed by atoms with van der Waals surface area (Å²) in [5, 5.41) is 21.4. The molecule has 2 atom stereocenters. The van der Waals surface area contributed by atoms with Crippen molar-refractivity contribution in [2.75, 3.05) is 19.6 Å². The Morgan fingerprint density at radius 3 is 2.48 bits per heavy atom. The van der Waals surface area contributed by atoms with Crippen LogP contribution in [-0.2, 0) is 9.22 Å². The van der Waals surface area contributed by atoms with E-state index in [-0.39, 0.29) is 22.9 Å². The lowest BCUT2D eigenvalue weighted by atomic mass is 9.97. The first-order chi connectivity index (χ1) is 13.4. The number of carboxylic acid groups (broad SMARTS) is 1. The molecule has 1 aliphatic heterocycles. The van der Waals surface area contributed by atoms with Crippen molar-refractivity contribution in [2.24, 2.45) is 16.8 Å². The Morgan fingerprint density at radius 1 is 1.34 bits per heavy atom. The molecule has 0 amide bonds. The van der Waals surface area contributed by atoms with Crippen molar-refractivity contribution in [1.29, 1.82) is 0 Å². The minimum absolute atomic E-state index is 0.0602. The number of piperidine rings is 1. The summed E-state index contributed by atoms with van der Waals surface area (Å²) < 4.78 is 6.75. The molecule has 0 saturated carbocycles. The molecule has 0 aromatic heterocycles. The first-order valence-corrected chi connectivity index (χ1v) is 13.1. The van der Waals surface area contributed by atoms with Gasteiger partial charge in [-0.3, -0.25) is 9.69 Å². The Balaban J connectivity index is 2.27. The van der Waals surface area contributed by atoms with Crippen LogP contribution in [0.2, 0.25) is 18.1 Å². The number of aliphatic carboxylic acids is 1. The predicted molar refractivity (Wildman–Crippen MR) is 117 cm³/mol. The van der Waals surface area contributed by atoms with Crippen molar-refractivity contribution in [3.63, 3.8) is 0 Å². The van der Waals surface area contributed by atoms with Gasteiger partial charge in [0, 0.05) is 18.7 Å². The fourth-order valence-corrected chi connectivity index (χ4v) is 4.60. The zero-order valence-corrected chi connectivity index (χ0v) is 19.2. The van der Waals surface area contributed by atoms with Crippen molar-refractivity contribution in [1.82, 2.24) is 4.90 Å². The van der Waals surface area contributed by atoms with E-state index in [1.165, 1.54) is 0 Å². The fraction of sp³-hybridized carbons (Fsp3) is 0.619. The first kappa shape index (κ1) is 23.4. The maximum Gasteiger partial charge on any atom is 0.307 e. The average Bonchev–Trinajstić information content (AvgIpc) is 2.66. The molecular weight excluding hydrogens is 386 g/mol. The van der Waals surface area contributed by atoms with Gasteiger partial charge in [0.15, 0.2) is 14.2 Å². The van der Waals surface area contributed by atoms with Crippen LogP contribution in [0.25, 0.3) is 0 Å². The maximum atomic E-state index is 11.5. The number of oxime groups is 1. The molecule has 4 N–H and O–H groups in total. The van der Waals surface area contributed by atoms with E-state index in [1.807, 2.05) is 24.3 Å². The summed E-state index contributed by atoms with van der Waals surface area (Å²) in [5.74, 6) is -0.973. The molecule has 1 heterocycles. The summed E-state index contributed by atoms with van der Waals surface area (Å²) in [7, 11) is -2.05. The number of nitrogens with two attached hydrogens (primary N) is 1. The molecule has 0 radical (unpaired) electrons. The van der Waals surface area contributed by atoms with Gasteiger partial charge in [-0.05, 0) is 43.1 Å². The Hall–Kier alpha value is -1.90. The lowest BCUT2D eigenvalue weighted by Crippen LogP contribution is -2.46. The van der Waals surface area contributed by atoms with Crippen LogP contribution in [0.15, 0.2) is 29.4 Å². The number of amidine groups is 1. The standard InChI is InChI=1S/C21H35N3O4Si/c1-21(2,3)29(4,5)28-18(14-24-12-6-7-17(13-24)20(25)26)15-8-10-16(11-9-15)19(22)23-27/h8-11,17-18,27H,6-7,12-14H2,1-5H3,(H2,22,23)(H,25,26). The van der Waals surface area contributed by atoms with Crippen molar-refractivity contribution >= 4 is 20.1 Å². The summed E-state index contributed by atoms with van der Waals surface area (Å²) in [6.45, 7) is 13.1. The van der Waals surface area contributed by atoms with Gasteiger partial charge in [-0.2, -0.15) is 0 Å². The van der Waals surface area contributed by atoms with Gasteiger partial charge in [0.2, 0.25) is 0 Å². The van der Waals surface area contributed by atoms with Gasteiger partial charge in [-0.25, -0.2) is 0 Å². The second-order valence-electron chi connectivity index (χ2n) is 9.41. The lowest BCUT2D eigenvalue weighted by Gasteiger charge is -2.41. The number of hydrogen-bond acceptors (Lipinski definition) is 5. The number of carbonyl (C=O) groups is 1. The Bertz CT molecular complexity index is 728. The lowest BCUT2D eigenvalue weighted by molar-refractivity contribution is -0.143. The van der Waals surface area contributed by atoms with Crippen LogP contribution < -0.4 is 5.73 Å². The summed E-state index contributed by atoms with van der Waals surface area (Å²) in [5.41, 5.74) is 7.34. The molecule has 7 nitrogen and oxygen atoms in total. The van der Waals surface area contributed by atoms with E-state index in [1.54, 1.807) is 0 Å². The number of rotatable bonds is 7. The summed E-state index contributed by atoms with van der Waals surface area (Å²) in [6.07, 6.45) is 1.45. The average molecular weight is 422 g/mol. The molecule has 2 rings (SSSR count). The minimum atomic E-state index is -2.05. The van der Waals surface area contributed by atoms with E-state index in [4.69, 9.17) is 15.4 Å². The second kappa shape index (κ2) is 9.28. The Kier molecular flexibility index (Phi) is 7.48. The quantitative estimate of drug-likeness (QED) is 0.204. The topological polar surface area (TPSA) is 108 Å². The van der Waals surface area contributed by atoms with E-state index in [9.17, 15) is 9.90 Å². The highest BCUT2D eigenvalue weighted by Crippen LogP contribution is 2.40. The maximum absolute atomic E-state index is 11.5. The predicted octanol–water partition coefficient (Wildman–Crippen LogP) is 3.64. The molecule has 1 aliphatic rings. The van der Waals surface area contributed by atoms with Crippen molar-refractivity contribution < 1.29 is 19.5 Å². The highest BCUT2D eigenvalue weighted by atomic mass is 28.4. The molecule has 0 bridgehead atoms. The number of carboxylic acids is 1. The molecule has 0 spiro atoms. The highest BCUT2D eigenvalue weighted by Gasteiger charge is 2.40. The van der Waals surface area contributed by atoms with E-state index in [0.717, 1.165) is 24.9 Å². The van der Waals surface area contributed by atoms with Gasteiger partial charge < -0.3 is 20.5 Å². The van der Waals surface area contributed by atoms with Crippen LogP contribution in [0.5, 0.6) is 0 Å². The van der Waals surface area contributed by atoms with Crippen LogP contribution in [0.3, 0.4) is 0 Å². The third kappa shape index (κ3) is 6.04. The zero-order valence-electron chi connectivity index (χ0n) is 18.2. The number of likely N-dealkylation sites (tertiary alicyclic amines) is 1. The largest absolute Gasteiger partial charge is 0.481 e. The molecule has 1 aromatic rings. The molecular formula is C21H35N3O4Si. The van der Waals surface area contributed by atoms with Crippen LogP contribution >= 0.6 is 0 Å². The number of hydrogen-bond donors (Lipinski definition) is 3. The van der Waals surface area contributed by atoms with E-state index < -0.39 is 14.3 Å². The van der Waals surface area contributed by atoms with E-state index >= 15 is 0 Å². The molecule has 8 heteroatoms. The number of benzene rings is 1. The van der Waals surface area contributed by atoms with Crippen molar-refractivity contribution in [2.45, 2.75) is 57.8 Å². The van der Waals surface area contributed by atoms with Gasteiger partial charge in [0.25, 0.3) is 0 Å². The van der Waals surface area contributed by atoms with Gasteiger partial charge in [0.1, 0.15) is 0 Å². The van der Waals surface area contributed by atoms with E-state index in [2.05, 4.69) is 43.9 Å². The molecule has 2 unspecified atom stereocenters. The Labute approximate surface area is 174 Å². The summed E-state index contributed by atoms with van der Waals surface area (Å²) >= 11 is 0. The Morgan fingerprint density at radius 2 is 1.97 bits per heavy atom. The van der Waals surface area contributed by atoms with Gasteiger partial charge in [-0.15, -0.1) is 0 Å². The highest BCUT2D eigenvalue weighted by molar-refractivity contribution is 6.74. The summed E-state index contributed by atoms with van der Waals surface area (Å²) in [4.78, 5) is 13.7. The zero-order chi connectivity index (χ0) is 21.8. The molecule has 29 heavy (non-hydrogen) atoms. The molecule has 1 fully saturated rings. The monoisotopic (exact) mass is 421 g/mol. The molecule has 1 aromatic carbocycles. The summed E-state index contributed by atoms with van der Waals surface area (Å²) in [6, 6.07) is 7.54. The SMILES string of the molecule is CC(C)(C)[Si](C)(C)OC(CN1CCCC(C(=O)O)C1)c1ccc(C(N)=NO)cc1. The van der Waals surface area contributed by atoms with Gasteiger partial charge in [-0.1, -0.05) is 50.2 Å². The molecule has 1 saturated heterocycles. The van der Waals surface area contributed by atoms with Gasteiger partial charge in [0.05, 0.1) is 12.0 Å². The van der Waals surface area contributed by atoms with Crippen LogP contribution in [-0.4, -0.2) is 55.0 Å². The van der Waals surface area contributed by atoms with Crippen LogP contribution in [0.4, 0.5) is 0 Å². The molecule has 0 aliphatic carbocycles. The van der Waals surface area contributed by atoms with Crippen molar-refractivity contribution in [3.8, 4) is 0 Å². The van der Waals surface area contributed by atoms with Crippen LogP contribution in [0, 0.1) is 5.92 Å². The van der Waals surface area contributed by atoms with E-state index in [0.29, 0.717) is 18.7 Å². The smallest absolute Gasteiger partial charge is 0.307 e. The first-order valence-electron chi connectivity index (χ1n) is 10.2. The van der Waals surface area contributed by atoms with Crippen LogP contribution in [0.1, 0.15) is 50.8 Å². The second-order valence-corrected chi connectivity index (χ2v) is 14.2. The number of nitrogens with zero attached hydrogens (tertiary/aromatic N) is 2. The fourth-order valence-electron chi connectivity index (χ4n) is 3.33. The normalized spacial score (nSPS) is 20.4. The third-order valence-electron chi connectivity index (χ3n) is 6.21. The van der Waals surface area contributed by atoms with Gasteiger partial charge >= 0.3 is 5.97 Å². The van der Waals surface area contributed by atoms with Crippen molar-refractivity contribution in [3.05, 3.63) is 35.4 Å². The molecule has 162 valence electrons. The minimum Gasteiger partial charge on any atom is -0.481 e. The third-order valence-corrected chi connectivity index (χ3v) is 10.7.